The van der Waals surface area contributed by atoms with Gasteiger partial charge in [0.2, 0.25) is 0 Å². The van der Waals surface area contributed by atoms with E-state index < -0.39 is 6.10 Å². The van der Waals surface area contributed by atoms with Crippen LogP contribution >= 0.6 is 0 Å². The minimum Gasteiger partial charge on any atom is -0.384 e. The second-order valence-corrected chi connectivity index (χ2v) is 5.04. The third-order valence-electron chi connectivity index (χ3n) is 3.36. The summed E-state index contributed by atoms with van der Waals surface area (Å²) in [6, 6.07) is 13.6. The summed E-state index contributed by atoms with van der Waals surface area (Å²) in [5.74, 6) is 0. The van der Waals surface area contributed by atoms with Gasteiger partial charge in [-0.05, 0) is 55.3 Å². The van der Waals surface area contributed by atoms with Crippen molar-refractivity contribution in [1.29, 1.82) is 0 Å². The molecule has 0 aliphatic heterocycles. The number of fused-ring (bicyclic) bond motifs is 1. The average molecular weight is 264 g/mol. The first-order chi connectivity index (χ1) is 9.63. The van der Waals surface area contributed by atoms with E-state index in [0.717, 1.165) is 33.4 Å². The van der Waals surface area contributed by atoms with Gasteiger partial charge in [-0.1, -0.05) is 12.1 Å². The van der Waals surface area contributed by atoms with E-state index in [1.165, 1.54) is 0 Å². The molecule has 20 heavy (non-hydrogen) atoms. The number of rotatable bonds is 2. The van der Waals surface area contributed by atoms with Gasteiger partial charge in [0.25, 0.3) is 0 Å². The summed E-state index contributed by atoms with van der Waals surface area (Å²) in [5.41, 5.74) is 4.52. The lowest BCUT2D eigenvalue weighted by Crippen LogP contribution is -2.02. The molecule has 1 atom stereocenters. The molecular weight excluding hydrogens is 248 g/mol. The highest BCUT2D eigenvalue weighted by Gasteiger charge is 2.12. The highest BCUT2D eigenvalue weighted by atomic mass is 16.3. The van der Waals surface area contributed by atoms with Gasteiger partial charge in [0.15, 0.2) is 0 Å². The van der Waals surface area contributed by atoms with Crippen LogP contribution in [0.2, 0.25) is 0 Å². The van der Waals surface area contributed by atoms with E-state index in [1.54, 1.807) is 6.20 Å². The molecule has 0 saturated heterocycles. The summed E-state index contributed by atoms with van der Waals surface area (Å²) in [5, 5.41) is 11.6. The molecule has 100 valence electrons. The summed E-state index contributed by atoms with van der Waals surface area (Å²) >= 11 is 0. The Morgan fingerprint density at radius 3 is 2.45 bits per heavy atom. The molecule has 0 fully saturated rings. The van der Waals surface area contributed by atoms with Gasteiger partial charge in [0.1, 0.15) is 6.10 Å². The number of aromatic nitrogens is 2. The van der Waals surface area contributed by atoms with Crippen molar-refractivity contribution in [2.45, 2.75) is 20.0 Å². The van der Waals surface area contributed by atoms with Gasteiger partial charge in [0.05, 0.1) is 5.52 Å². The second-order valence-electron chi connectivity index (χ2n) is 5.04. The van der Waals surface area contributed by atoms with Crippen molar-refractivity contribution in [3.8, 4) is 0 Å². The number of hydrogen-bond acceptors (Lipinski definition) is 3. The van der Waals surface area contributed by atoms with E-state index in [9.17, 15) is 5.11 Å². The number of aliphatic hydroxyl groups is 1. The van der Waals surface area contributed by atoms with Crippen molar-refractivity contribution in [2.75, 3.05) is 0 Å². The zero-order chi connectivity index (χ0) is 14.1. The molecule has 3 nitrogen and oxygen atoms in total. The Morgan fingerprint density at radius 1 is 0.950 bits per heavy atom. The van der Waals surface area contributed by atoms with Crippen LogP contribution in [0.25, 0.3) is 10.9 Å². The summed E-state index contributed by atoms with van der Waals surface area (Å²) in [4.78, 5) is 8.63. The fourth-order valence-corrected chi connectivity index (χ4v) is 2.48. The first kappa shape index (κ1) is 12.8. The van der Waals surface area contributed by atoms with Gasteiger partial charge in [0, 0.05) is 23.0 Å². The maximum absolute atomic E-state index is 10.6. The molecule has 3 rings (SSSR count). The van der Waals surface area contributed by atoms with Crippen LogP contribution < -0.4 is 0 Å². The van der Waals surface area contributed by atoms with Crippen LogP contribution in [-0.4, -0.2) is 15.1 Å². The molecule has 0 aliphatic carbocycles. The summed E-state index contributed by atoms with van der Waals surface area (Å²) in [7, 11) is 0. The quantitative estimate of drug-likeness (QED) is 0.772. The Balaban J connectivity index is 2.05. The first-order valence-electron chi connectivity index (χ1n) is 6.61. The molecule has 1 aromatic carbocycles. The summed E-state index contributed by atoms with van der Waals surface area (Å²) < 4.78 is 0. The van der Waals surface area contributed by atoms with Gasteiger partial charge >= 0.3 is 0 Å². The van der Waals surface area contributed by atoms with Gasteiger partial charge in [-0.25, -0.2) is 0 Å². The van der Waals surface area contributed by atoms with Crippen molar-refractivity contribution >= 4 is 10.9 Å². The maximum atomic E-state index is 10.6. The predicted octanol–water partition coefficient (Wildman–Crippen LogP) is 3.33. The number of aryl methyl sites for hydroxylation is 2. The number of benzene rings is 1. The molecule has 2 aromatic heterocycles. The van der Waals surface area contributed by atoms with Crippen LogP contribution in [0.1, 0.15) is 28.6 Å². The Hall–Kier alpha value is -2.26. The average Bonchev–Trinajstić information content (AvgIpc) is 2.45. The Morgan fingerprint density at radius 2 is 1.70 bits per heavy atom. The molecule has 1 unspecified atom stereocenters. The number of aliphatic hydroxyl groups excluding tert-OH is 1. The molecule has 3 aromatic rings. The van der Waals surface area contributed by atoms with Gasteiger partial charge in [-0.3, -0.25) is 9.97 Å². The number of nitrogens with zero attached hydrogens (tertiary/aromatic N) is 2. The molecule has 1 N–H and O–H groups in total. The molecule has 3 heteroatoms. The van der Waals surface area contributed by atoms with Gasteiger partial charge in [-0.15, -0.1) is 0 Å². The highest BCUT2D eigenvalue weighted by Crippen LogP contribution is 2.25. The van der Waals surface area contributed by atoms with E-state index in [1.807, 2.05) is 56.3 Å². The molecule has 0 bridgehead atoms. The predicted molar refractivity (Wildman–Crippen MR) is 79.5 cm³/mol. The maximum Gasteiger partial charge on any atom is 0.104 e. The van der Waals surface area contributed by atoms with E-state index in [-0.39, 0.29) is 0 Å². The minimum absolute atomic E-state index is 0.639. The van der Waals surface area contributed by atoms with Crippen molar-refractivity contribution < 1.29 is 5.11 Å². The normalized spacial score (nSPS) is 12.6. The first-order valence-corrected chi connectivity index (χ1v) is 6.61. The second kappa shape index (κ2) is 5.02. The van der Waals surface area contributed by atoms with Crippen LogP contribution in [0.15, 0.2) is 48.7 Å². The van der Waals surface area contributed by atoms with E-state index >= 15 is 0 Å². The van der Waals surface area contributed by atoms with Crippen molar-refractivity contribution in [3.63, 3.8) is 0 Å². The zero-order valence-electron chi connectivity index (χ0n) is 11.5. The summed E-state index contributed by atoms with van der Waals surface area (Å²) in [6.07, 6.45) is 1.13. The standard InChI is InChI=1S/C17H16N2O/c1-11-8-15(9-12(2)19-11)17(20)14-5-6-16-13(10-14)4-3-7-18-16/h3-10,17,20H,1-2H3. The van der Waals surface area contributed by atoms with Crippen LogP contribution in [-0.2, 0) is 0 Å². The fourth-order valence-electron chi connectivity index (χ4n) is 2.48. The topological polar surface area (TPSA) is 46.0 Å². The number of hydrogen-bond donors (Lipinski definition) is 1. The molecule has 0 radical (unpaired) electrons. The Bertz CT molecular complexity index is 748. The highest BCUT2D eigenvalue weighted by molar-refractivity contribution is 5.79. The largest absolute Gasteiger partial charge is 0.384 e. The van der Waals surface area contributed by atoms with Crippen LogP contribution in [0, 0.1) is 13.8 Å². The van der Waals surface area contributed by atoms with Gasteiger partial charge in [-0.2, -0.15) is 0 Å². The lowest BCUT2D eigenvalue weighted by molar-refractivity contribution is 0.220. The third-order valence-corrected chi connectivity index (χ3v) is 3.36. The van der Waals surface area contributed by atoms with E-state index in [0.29, 0.717) is 0 Å². The minimum atomic E-state index is -0.639. The number of pyridine rings is 2. The van der Waals surface area contributed by atoms with E-state index in [2.05, 4.69) is 9.97 Å². The Labute approximate surface area is 117 Å². The fraction of sp³-hybridized carbons (Fsp3) is 0.176. The Kier molecular flexibility index (Phi) is 3.20. The molecule has 0 aliphatic rings. The zero-order valence-corrected chi connectivity index (χ0v) is 11.5. The van der Waals surface area contributed by atoms with Crippen LogP contribution in [0.3, 0.4) is 0 Å². The van der Waals surface area contributed by atoms with Crippen molar-refractivity contribution in [1.82, 2.24) is 9.97 Å². The van der Waals surface area contributed by atoms with Gasteiger partial charge < -0.3 is 5.11 Å². The third kappa shape index (κ3) is 2.40. The molecule has 0 saturated carbocycles. The van der Waals surface area contributed by atoms with Crippen LogP contribution in [0.5, 0.6) is 0 Å². The summed E-state index contributed by atoms with van der Waals surface area (Å²) in [6.45, 7) is 3.88. The van der Waals surface area contributed by atoms with Crippen molar-refractivity contribution in [3.05, 3.63) is 71.2 Å². The van der Waals surface area contributed by atoms with E-state index in [4.69, 9.17) is 0 Å². The molecule has 0 spiro atoms. The SMILES string of the molecule is Cc1cc(C(O)c2ccc3ncccc3c2)cc(C)n1. The monoisotopic (exact) mass is 264 g/mol. The molecule has 0 amide bonds. The van der Waals surface area contributed by atoms with Crippen molar-refractivity contribution in [2.24, 2.45) is 0 Å². The smallest absolute Gasteiger partial charge is 0.104 e. The van der Waals surface area contributed by atoms with Crippen LogP contribution in [0.4, 0.5) is 0 Å². The molecular formula is C17H16N2O. The lowest BCUT2D eigenvalue weighted by Gasteiger charge is -2.13. The lowest BCUT2D eigenvalue weighted by atomic mass is 9.99. The molecule has 2 heterocycles.